The summed E-state index contributed by atoms with van der Waals surface area (Å²) in [6.07, 6.45) is 0. The smallest absolute Gasteiger partial charge is 0.290 e. The third-order valence-corrected chi connectivity index (χ3v) is 2.85. The largest absolute Gasteiger partial charge is 0.348 e. The van der Waals surface area contributed by atoms with Crippen LogP contribution in [-0.2, 0) is 3.79 Å². The molecule has 19 heavy (non-hydrogen) atoms. The van der Waals surface area contributed by atoms with E-state index in [1.165, 1.54) is 0 Å². The van der Waals surface area contributed by atoms with Gasteiger partial charge in [0.15, 0.2) is 11.6 Å². The maximum Gasteiger partial charge on any atom is 0.348 e. The maximum atomic E-state index is 11.5. The number of benzene rings is 1. The van der Waals surface area contributed by atoms with Gasteiger partial charge in [0, 0.05) is 5.57 Å². The molecule has 0 saturated carbocycles. The van der Waals surface area contributed by atoms with Gasteiger partial charge >= 0.3 is 5.69 Å². The van der Waals surface area contributed by atoms with E-state index < -0.39 is 9.48 Å². The lowest BCUT2D eigenvalue weighted by atomic mass is 10.1. The van der Waals surface area contributed by atoms with Gasteiger partial charge in [-0.3, -0.25) is 4.98 Å². The first-order chi connectivity index (χ1) is 8.88. The van der Waals surface area contributed by atoms with E-state index in [1.807, 2.05) is 30.3 Å². The Balaban J connectivity index is 2.50. The number of H-pyrrole nitrogens is 1. The van der Waals surface area contributed by atoms with Crippen LogP contribution in [0.4, 0.5) is 0 Å². The summed E-state index contributed by atoms with van der Waals surface area (Å²) in [5.74, 6) is 0.0286. The lowest BCUT2D eigenvalue weighted by Gasteiger charge is -2.11. The zero-order valence-corrected chi connectivity index (χ0v) is 11.8. The van der Waals surface area contributed by atoms with Gasteiger partial charge in [0.1, 0.15) is 0 Å². The second-order valence-corrected chi connectivity index (χ2v) is 5.95. The molecule has 0 saturated heterocycles. The molecule has 0 aliphatic carbocycles. The average Bonchev–Trinajstić information content (AvgIpc) is 2.37. The van der Waals surface area contributed by atoms with Gasteiger partial charge in [-0.15, -0.1) is 0 Å². The standard InChI is InChI=1S/C12H8Cl3N3O/c1-7(8-5-3-2-4-6-8)9-16-10(12(13,14)15)18-11(19)17-9/h2-6H,1H2,(H,16,17,18,19). The van der Waals surface area contributed by atoms with Gasteiger partial charge in [-0.25, -0.2) is 9.78 Å². The summed E-state index contributed by atoms with van der Waals surface area (Å²) >= 11 is 17.1. The molecule has 0 aliphatic heterocycles. The van der Waals surface area contributed by atoms with Gasteiger partial charge in [-0.2, -0.15) is 4.98 Å². The highest BCUT2D eigenvalue weighted by Crippen LogP contribution is 2.35. The molecule has 0 unspecified atom stereocenters. The molecule has 2 aromatic rings. The number of hydrogen-bond acceptors (Lipinski definition) is 3. The Morgan fingerprint density at radius 2 is 1.79 bits per heavy atom. The molecule has 0 bridgehead atoms. The second kappa shape index (κ2) is 5.33. The summed E-state index contributed by atoms with van der Waals surface area (Å²) in [5.41, 5.74) is 0.606. The molecule has 98 valence electrons. The molecule has 1 heterocycles. The fourth-order valence-corrected chi connectivity index (χ4v) is 1.69. The van der Waals surface area contributed by atoms with E-state index in [-0.39, 0.29) is 11.6 Å². The number of nitrogens with one attached hydrogen (secondary N) is 1. The van der Waals surface area contributed by atoms with Crippen molar-refractivity contribution in [1.82, 2.24) is 15.0 Å². The maximum absolute atomic E-state index is 11.5. The first-order valence-electron chi connectivity index (χ1n) is 5.18. The van der Waals surface area contributed by atoms with E-state index >= 15 is 0 Å². The Kier molecular flexibility index (Phi) is 3.94. The number of halogens is 3. The number of aromatic amines is 1. The zero-order valence-electron chi connectivity index (χ0n) is 9.53. The molecular weight excluding hydrogens is 309 g/mol. The van der Waals surface area contributed by atoms with Crippen molar-refractivity contribution in [3.63, 3.8) is 0 Å². The molecule has 1 aromatic heterocycles. The number of alkyl halides is 3. The highest BCUT2D eigenvalue weighted by Gasteiger charge is 2.27. The molecule has 0 spiro atoms. The zero-order chi connectivity index (χ0) is 14.0. The summed E-state index contributed by atoms with van der Waals surface area (Å²) in [6, 6.07) is 9.18. The summed E-state index contributed by atoms with van der Waals surface area (Å²) in [7, 11) is 0. The van der Waals surface area contributed by atoms with Crippen LogP contribution >= 0.6 is 34.8 Å². The van der Waals surface area contributed by atoms with Gasteiger partial charge in [0.25, 0.3) is 0 Å². The molecule has 0 amide bonds. The van der Waals surface area contributed by atoms with E-state index in [9.17, 15) is 4.79 Å². The van der Waals surface area contributed by atoms with Crippen molar-refractivity contribution in [3.05, 3.63) is 64.6 Å². The van der Waals surface area contributed by atoms with E-state index in [1.54, 1.807) is 0 Å². The van der Waals surface area contributed by atoms with Crippen LogP contribution in [0.2, 0.25) is 0 Å². The van der Waals surface area contributed by atoms with Gasteiger partial charge in [0.05, 0.1) is 0 Å². The molecule has 2 rings (SSSR count). The summed E-state index contributed by atoms with van der Waals surface area (Å²) in [4.78, 5) is 21.5. The molecule has 0 atom stereocenters. The van der Waals surface area contributed by atoms with Crippen molar-refractivity contribution in [2.45, 2.75) is 3.79 Å². The van der Waals surface area contributed by atoms with Gasteiger partial charge in [-0.1, -0.05) is 71.7 Å². The molecule has 0 radical (unpaired) electrons. The highest BCUT2D eigenvalue weighted by atomic mass is 35.6. The number of nitrogens with zero attached hydrogens (tertiary/aromatic N) is 2. The molecule has 0 aliphatic rings. The third kappa shape index (κ3) is 3.35. The minimum atomic E-state index is -1.83. The monoisotopic (exact) mass is 315 g/mol. The van der Waals surface area contributed by atoms with Crippen LogP contribution in [0.5, 0.6) is 0 Å². The Labute approximate surface area is 124 Å². The quantitative estimate of drug-likeness (QED) is 0.866. The Bertz CT molecular complexity index is 662. The van der Waals surface area contributed by atoms with Crippen LogP contribution in [-0.4, -0.2) is 15.0 Å². The van der Waals surface area contributed by atoms with Crippen LogP contribution in [0.1, 0.15) is 17.2 Å². The van der Waals surface area contributed by atoms with Gasteiger partial charge in [0.2, 0.25) is 3.79 Å². The van der Waals surface area contributed by atoms with Crippen molar-refractivity contribution in [2.75, 3.05) is 0 Å². The van der Waals surface area contributed by atoms with Crippen LogP contribution in [0.3, 0.4) is 0 Å². The molecule has 0 fully saturated rings. The van der Waals surface area contributed by atoms with Crippen molar-refractivity contribution >= 4 is 40.4 Å². The number of aromatic nitrogens is 3. The molecule has 7 heteroatoms. The SMILES string of the molecule is C=C(c1ccccc1)c1nc(C(Cl)(Cl)Cl)[nH]c(=O)n1. The Morgan fingerprint density at radius 1 is 1.16 bits per heavy atom. The van der Waals surface area contributed by atoms with Crippen LogP contribution in [0.15, 0.2) is 41.7 Å². The molecular formula is C12H8Cl3N3O. The lowest BCUT2D eigenvalue weighted by Crippen LogP contribution is -2.21. The molecule has 4 nitrogen and oxygen atoms in total. The number of hydrogen-bond donors (Lipinski definition) is 1. The van der Waals surface area contributed by atoms with Crippen LogP contribution < -0.4 is 5.69 Å². The first-order valence-corrected chi connectivity index (χ1v) is 6.31. The van der Waals surface area contributed by atoms with Crippen molar-refractivity contribution < 1.29 is 0 Å². The summed E-state index contributed by atoms with van der Waals surface area (Å²) in [5, 5.41) is 0. The van der Waals surface area contributed by atoms with Gasteiger partial charge < -0.3 is 0 Å². The fraction of sp³-hybridized carbons (Fsp3) is 0.0833. The third-order valence-electron chi connectivity index (χ3n) is 2.31. The minimum absolute atomic E-state index is 0.0930. The highest BCUT2D eigenvalue weighted by molar-refractivity contribution is 6.66. The topological polar surface area (TPSA) is 58.6 Å². The van der Waals surface area contributed by atoms with Crippen LogP contribution in [0, 0.1) is 0 Å². The lowest BCUT2D eigenvalue weighted by molar-refractivity contribution is 0.865. The summed E-state index contributed by atoms with van der Waals surface area (Å²) in [6.45, 7) is 3.85. The van der Waals surface area contributed by atoms with E-state index in [0.717, 1.165) is 5.56 Å². The van der Waals surface area contributed by atoms with E-state index in [2.05, 4.69) is 21.5 Å². The normalized spacial score (nSPS) is 11.3. The molecule has 1 aromatic carbocycles. The Morgan fingerprint density at radius 3 is 2.37 bits per heavy atom. The second-order valence-electron chi connectivity index (χ2n) is 3.67. The first kappa shape index (κ1) is 14.1. The van der Waals surface area contributed by atoms with E-state index in [0.29, 0.717) is 5.57 Å². The minimum Gasteiger partial charge on any atom is -0.290 e. The molecule has 1 N–H and O–H groups in total. The van der Waals surface area contributed by atoms with Crippen molar-refractivity contribution in [2.24, 2.45) is 0 Å². The van der Waals surface area contributed by atoms with Crippen molar-refractivity contribution in [3.8, 4) is 0 Å². The fourth-order valence-electron chi connectivity index (χ4n) is 1.42. The number of rotatable bonds is 2. The predicted octanol–water partition coefficient (Wildman–Crippen LogP) is 3.05. The summed E-state index contributed by atoms with van der Waals surface area (Å²) < 4.78 is -1.83. The Hall–Kier alpha value is -1.36. The predicted molar refractivity (Wildman–Crippen MR) is 76.5 cm³/mol. The van der Waals surface area contributed by atoms with Gasteiger partial charge in [-0.05, 0) is 5.56 Å². The average molecular weight is 317 g/mol. The van der Waals surface area contributed by atoms with E-state index in [4.69, 9.17) is 34.8 Å². The van der Waals surface area contributed by atoms with Crippen LogP contribution in [0.25, 0.3) is 5.57 Å². The van der Waals surface area contributed by atoms with Crippen molar-refractivity contribution in [1.29, 1.82) is 0 Å².